The predicted molar refractivity (Wildman–Crippen MR) is 65.9 cm³/mol. The molecule has 0 amide bonds. The zero-order valence-corrected chi connectivity index (χ0v) is 9.76. The maximum absolute atomic E-state index is 12.1. The van der Waals surface area contributed by atoms with Gasteiger partial charge in [0.25, 0.3) is 5.91 Å². The summed E-state index contributed by atoms with van der Waals surface area (Å²) in [5.74, 6) is -0.0653. The smallest absolute Gasteiger partial charge is 0.263 e. The fraction of sp³-hybridized carbons (Fsp3) is 0.231. The number of nitrogens with two attached hydrogens (primary N) is 1. The Hall–Kier alpha value is -1.94. The Morgan fingerprint density at radius 2 is 2.29 bits per heavy atom. The number of nitrogens with zero attached hydrogens (tertiary/aromatic N) is 2. The minimum atomic E-state index is -0.0653. The molecule has 0 saturated carbocycles. The van der Waals surface area contributed by atoms with Crippen LogP contribution in [0.3, 0.4) is 0 Å². The summed E-state index contributed by atoms with van der Waals surface area (Å²) >= 11 is 0. The van der Waals surface area contributed by atoms with Crippen LogP contribution in [0.15, 0.2) is 36.8 Å². The SMILES string of the molecule is Cc1cccc(C(=O)n2cnc(CCN)c2)c1. The molecule has 17 heavy (non-hydrogen) atoms. The number of carbonyl (C=O) groups excluding carboxylic acids is 1. The van der Waals surface area contributed by atoms with Gasteiger partial charge < -0.3 is 5.73 Å². The van der Waals surface area contributed by atoms with Crippen molar-refractivity contribution in [1.82, 2.24) is 9.55 Å². The molecule has 2 rings (SSSR count). The van der Waals surface area contributed by atoms with E-state index in [-0.39, 0.29) is 5.91 Å². The molecule has 0 aliphatic rings. The first kappa shape index (κ1) is 11.5. The van der Waals surface area contributed by atoms with Crippen molar-refractivity contribution in [2.75, 3.05) is 6.54 Å². The second-order valence-electron chi connectivity index (χ2n) is 3.99. The van der Waals surface area contributed by atoms with E-state index in [1.807, 2.05) is 25.1 Å². The molecule has 4 heteroatoms. The third-order valence-electron chi connectivity index (χ3n) is 2.54. The molecule has 0 fully saturated rings. The fourth-order valence-corrected chi connectivity index (χ4v) is 1.68. The average Bonchev–Trinajstić information content (AvgIpc) is 2.77. The van der Waals surface area contributed by atoms with Gasteiger partial charge in [-0.1, -0.05) is 17.7 Å². The third kappa shape index (κ3) is 2.60. The summed E-state index contributed by atoms with van der Waals surface area (Å²) in [6.07, 6.45) is 3.96. The molecule has 0 aliphatic carbocycles. The average molecular weight is 229 g/mol. The molecule has 0 spiro atoms. The van der Waals surface area contributed by atoms with E-state index in [9.17, 15) is 4.79 Å². The van der Waals surface area contributed by atoms with Crippen LogP contribution in [0.1, 0.15) is 21.6 Å². The Morgan fingerprint density at radius 3 is 3.00 bits per heavy atom. The molecule has 1 heterocycles. The largest absolute Gasteiger partial charge is 0.330 e. The number of benzene rings is 1. The minimum Gasteiger partial charge on any atom is -0.330 e. The van der Waals surface area contributed by atoms with Crippen LogP contribution in [0.4, 0.5) is 0 Å². The van der Waals surface area contributed by atoms with Gasteiger partial charge in [0, 0.05) is 18.2 Å². The number of hydrogen-bond donors (Lipinski definition) is 1. The molecule has 1 aromatic carbocycles. The maximum atomic E-state index is 12.1. The molecule has 2 N–H and O–H groups in total. The topological polar surface area (TPSA) is 60.9 Å². The third-order valence-corrected chi connectivity index (χ3v) is 2.54. The number of rotatable bonds is 3. The van der Waals surface area contributed by atoms with Crippen molar-refractivity contribution in [3.05, 3.63) is 53.6 Å². The standard InChI is InChI=1S/C13H15N3O/c1-10-3-2-4-11(7-10)13(17)16-8-12(5-6-14)15-9-16/h2-4,7-9H,5-6,14H2,1H3. The van der Waals surface area contributed by atoms with Crippen molar-refractivity contribution in [3.8, 4) is 0 Å². The Balaban J connectivity index is 2.24. The van der Waals surface area contributed by atoms with E-state index < -0.39 is 0 Å². The lowest BCUT2D eigenvalue weighted by atomic mass is 10.1. The van der Waals surface area contributed by atoms with Crippen LogP contribution in [0.25, 0.3) is 0 Å². The van der Waals surface area contributed by atoms with Crippen LogP contribution in [-0.4, -0.2) is 22.0 Å². The number of aromatic nitrogens is 2. The Morgan fingerprint density at radius 1 is 1.47 bits per heavy atom. The molecule has 0 unspecified atom stereocenters. The Labute approximate surface area is 100 Å². The fourth-order valence-electron chi connectivity index (χ4n) is 1.68. The molecule has 2 aromatic rings. The van der Waals surface area contributed by atoms with E-state index in [0.717, 1.165) is 11.3 Å². The zero-order chi connectivity index (χ0) is 12.3. The van der Waals surface area contributed by atoms with Gasteiger partial charge in [-0.05, 0) is 25.6 Å². The normalized spacial score (nSPS) is 10.5. The summed E-state index contributed by atoms with van der Waals surface area (Å²) in [6, 6.07) is 7.51. The maximum Gasteiger partial charge on any atom is 0.263 e. The van der Waals surface area contributed by atoms with E-state index in [2.05, 4.69) is 4.98 Å². The monoisotopic (exact) mass is 229 g/mol. The summed E-state index contributed by atoms with van der Waals surface area (Å²) in [7, 11) is 0. The van der Waals surface area contributed by atoms with Crippen LogP contribution in [-0.2, 0) is 6.42 Å². The number of hydrogen-bond acceptors (Lipinski definition) is 3. The van der Waals surface area contributed by atoms with Crippen LogP contribution in [0, 0.1) is 6.92 Å². The van der Waals surface area contributed by atoms with E-state index >= 15 is 0 Å². The molecule has 0 atom stereocenters. The van der Waals surface area contributed by atoms with Gasteiger partial charge in [0.15, 0.2) is 0 Å². The molecule has 4 nitrogen and oxygen atoms in total. The molecule has 0 saturated heterocycles. The molecular weight excluding hydrogens is 214 g/mol. The molecule has 1 aromatic heterocycles. The van der Waals surface area contributed by atoms with Crippen molar-refractivity contribution in [1.29, 1.82) is 0 Å². The number of imidazole rings is 1. The van der Waals surface area contributed by atoms with Gasteiger partial charge in [0.05, 0.1) is 5.69 Å². The Kier molecular flexibility index (Phi) is 3.35. The highest BCUT2D eigenvalue weighted by atomic mass is 16.2. The van der Waals surface area contributed by atoms with Crippen LogP contribution in [0.5, 0.6) is 0 Å². The lowest BCUT2D eigenvalue weighted by molar-refractivity contribution is 0.0959. The summed E-state index contributed by atoms with van der Waals surface area (Å²) in [5.41, 5.74) is 8.02. The molecule has 0 radical (unpaired) electrons. The first-order chi connectivity index (χ1) is 8.20. The van der Waals surface area contributed by atoms with E-state index in [1.165, 1.54) is 10.9 Å². The molecule has 0 aliphatic heterocycles. The van der Waals surface area contributed by atoms with E-state index in [4.69, 9.17) is 5.73 Å². The second kappa shape index (κ2) is 4.93. The highest BCUT2D eigenvalue weighted by Gasteiger charge is 2.09. The van der Waals surface area contributed by atoms with Crippen molar-refractivity contribution in [2.24, 2.45) is 5.73 Å². The van der Waals surface area contributed by atoms with Crippen LogP contribution < -0.4 is 5.73 Å². The lowest BCUT2D eigenvalue weighted by Gasteiger charge is -2.01. The summed E-state index contributed by atoms with van der Waals surface area (Å²) in [5, 5.41) is 0. The van der Waals surface area contributed by atoms with Gasteiger partial charge in [-0.25, -0.2) is 4.98 Å². The number of aryl methyl sites for hydroxylation is 1. The zero-order valence-electron chi connectivity index (χ0n) is 9.76. The van der Waals surface area contributed by atoms with Gasteiger partial charge in [0.2, 0.25) is 0 Å². The first-order valence-corrected chi connectivity index (χ1v) is 5.55. The predicted octanol–water partition coefficient (Wildman–Crippen LogP) is 1.38. The van der Waals surface area contributed by atoms with Crippen LogP contribution >= 0.6 is 0 Å². The first-order valence-electron chi connectivity index (χ1n) is 5.55. The quantitative estimate of drug-likeness (QED) is 0.865. The minimum absolute atomic E-state index is 0.0653. The van der Waals surface area contributed by atoms with Crippen molar-refractivity contribution >= 4 is 5.91 Å². The molecular formula is C13H15N3O. The molecule has 88 valence electrons. The number of carbonyl (C=O) groups is 1. The molecule has 0 bridgehead atoms. The van der Waals surface area contributed by atoms with Crippen molar-refractivity contribution in [2.45, 2.75) is 13.3 Å². The van der Waals surface area contributed by atoms with Gasteiger partial charge >= 0.3 is 0 Å². The van der Waals surface area contributed by atoms with Gasteiger partial charge in [-0.2, -0.15) is 0 Å². The summed E-state index contributed by atoms with van der Waals surface area (Å²) < 4.78 is 1.50. The van der Waals surface area contributed by atoms with Crippen molar-refractivity contribution in [3.63, 3.8) is 0 Å². The van der Waals surface area contributed by atoms with Gasteiger partial charge in [-0.15, -0.1) is 0 Å². The van der Waals surface area contributed by atoms with E-state index in [0.29, 0.717) is 18.5 Å². The Bertz CT molecular complexity index is 531. The van der Waals surface area contributed by atoms with Crippen LogP contribution in [0.2, 0.25) is 0 Å². The second-order valence-corrected chi connectivity index (χ2v) is 3.99. The summed E-state index contributed by atoms with van der Waals surface area (Å²) in [4.78, 5) is 16.2. The lowest BCUT2D eigenvalue weighted by Crippen LogP contribution is -2.10. The van der Waals surface area contributed by atoms with Gasteiger partial charge in [0.1, 0.15) is 6.33 Å². The summed E-state index contributed by atoms with van der Waals surface area (Å²) in [6.45, 7) is 2.50. The highest BCUT2D eigenvalue weighted by Crippen LogP contribution is 2.07. The van der Waals surface area contributed by atoms with Gasteiger partial charge in [-0.3, -0.25) is 9.36 Å². The highest BCUT2D eigenvalue weighted by molar-refractivity contribution is 5.96. The van der Waals surface area contributed by atoms with E-state index in [1.54, 1.807) is 12.3 Å². The van der Waals surface area contributed by atoms with Crippen molar-refractivity contribution < 1.29 is 4.79 Å².